The van der Waals surface area contributed by atoms with Gasteiger partial charge in [0.2, 0.25) is 9.84 Å². The molecule has 1 aromatic heterocycles. The Morgan fingerprint density at radius 3 is 2.43 bits per heavy atom. The first kappa shape index (κ1) is 11.2. The molecule has 0 fully saturated rings. The third kappa shape index (κ3) is 1.80. The Morgan fingerprint density at radius 2 is 2.07 bits per heavy atom. The fourth-order valence-corrected chi connectivity index (χ4v) is 2.47. The number of thiophene rings is 1. The topological polar surface area (TPSA) is 77.2 Å². The Morgan fingerprint density at radius 1 is 1.50 bits per heavy atom. The van der Waals surface area contributed by atoms with Crippen LogP contribution in [0.5, 0.6) is 0 Å². The predicted molar refractivity (Wildman–Crippen MR) is 57.1 cm³/mol. The molecule has 4 nitrogen and oxygen atoms in total. The van der Waals surface area contributed by atoms with Gasteiger partial charge in [-0.2, -0.15) is 0 Å². The molecule has 0 aliphatic heterocycles. The van der Waals surface area contributed by atoms with Gasteiger partial charge in [0.15, 0.2) is 0 Å². The van der Waals surface area contributed by atoms with Gasteiger partial charge in [0, 0.05) is 0 Å². The van der Waals surface area contributed by atoms with Gasteiger partial charge in [-0.05, 0) is 25.3 Å². The molecule has 78 valence electrons. The minimum absolute atomic E-state index is 0.0868. The lowest BCUT2D eigenvalue weighted by molar-refractivity contribution is 0.107. The number of carbonyl (C=O) groups is 1. The lowest BCUT2D eigenvalue weighted by atomic mass is 10.3. The number of nitrogen functional groups attached to an aromatic ring is 1. The molecule has 0 amide bonds. The minimum Gasteiger partial charge on any atom is -0.390 e. The second-order valence-electron chi connectivity index (χ2n) is 3.08. The smallest absolute Gasteiger partial charge is 0.279 e. The lowest BCUT2D eigenvalue weighted by Gasteiger charge is -2.05. The second-order valence-corrected chi connectivity index (χ2v) is 6.43. The number of hydrogen-bond acceptors (Lipinski definition) is 5. The van der Waals surface area contributed by atoms with Crippen LogP contribution in [0.2, 0.25) is 0 Å². The van der Waals surface area contributed by atoms with Crippen LogP contribution < -0.4 is 5.73 Å². The van der Waals surface area contributed by atoms with Gasteiger partial charge >= 0.3 is 0 Å². The fourth-order valence-electron chi connectivity index (χ4n) is 0.857. The SMILES string of the molecule is CC(C)S(=O)(=O)C(=O)c1ccsc1N. The first-order chi connectivity index (χ1) is 6.37. The zero-order valence-electron chi connectivity index (χ0n) is 7.85. The van der Waals surface area contributed by atoms with Crippen LogP contribution in [0.4, 0.5) is 5.00 Å². The molecular formula is C8H11NO3S2. The van der Waals surface area contributed by atoms with Crippen LogP contribution in [0.3, 0.4) is 0 Å². The van der Waals surface area contributed by atoms with Crippen LogP contribution in [0.25, 0.3) is 0 Å². The summed E-state index contributed by atoms with van der Waals surface area (Å²) in [5, 5.41) is 0.248. The summed E-state index contributed by atoms with van der Waals surface area (Å²) in [6.45, 7) is 2.94. The van der Waals surface area contributed by atoms with Crippen molar-refractivity contribution in [3.8, 4) is 0 Å². The summed E-state index contributed by atoms with van der Waals surface area (Å²) in [7, 11) is -3.73. The molecular weight excluding hydrogens is 222 g/mol. The second kappa shape index (κ2) is 3.70. The van der Waals surface area contributed by atoms with Crippen LogP contribution in [0.1, 0.15) is 24.2 Å². The number of carbonyl (C=O) groups excluding carboxylic acids is 1. The maximum Gasteiger partial charge on any atom is 0.279 e. The van der Waals surface area contributed by atoms with Crippen molar-refractivity contribution in [2.75, 3.05) is 5.73 Å². The van der Waals surface area contributed by atoms with Gasteiger partial charge in [-0.25, -0.2) is 8.42 Å². The molecule has 6 heteroatoms. The average molecular weight is 233 g/mol. The van der Waals surface area contributed by atoms with Crippen molar-refractivity contribution < 1.29 is 13.2 Å². The molecule has 0 aliphatic rings. The van der Waals surface area contributed by atoms with Crippen LogP contribution >= 0.6 is 11.3 Å². The maximum atomic E-state index is 11.5. The highest BCUT2D eigenvalue weighted by atomic mass is 32.2. The van der Waals surface area contributed by atoms with Gasteiger partial charge in [-0.1, -0.05) is 0 Å². The molecule has 0 radical (unpaired) electrons. The zero-order valence-corrected chi connectivity index (χ0v) is 9.48. The van der Waals surface area contributed by atoms with Crippen LogP contribution in [-0.2, 0) is 9.84 Å². The van der Waals surface area contributed by atoms with Gasteiger partial charge in [-0.15, -0.1) is 11.3 Å². The van der Waals surface area contributed by atoms with Gasteiger partial charge in [0.05, 0.1) is 15.8 Å². The molecule has 1 aromatic rings. The van der Waals surface area contributed by atoms with E-state index in [9.17, 15) is 13.2 Å². The Bertz CT molecular complexity index is 445. The van der Waals surface area contributed by atoms with Gasteiger partial charge < -0.3 is 5.73 Å². The Kier molecular flexibility index (Phi) is 2.96. The monoisotopic (exact) mass is 233 g/mol. The fraction of sp³-hybridized carbons (Fsp3) is 0.375. The summed E-state index contributed by atoms with van der Waals surface area (Å²) >= 11 is 1.15. The first-order valence-corrected chi connectivity index (χ1v) is 6.41. The molecule has 0 atom stereocenters. The Balaban J connectivity index is 3.16. The third-order valence-corrected chi connectivity index (χ3v) is 4.52. The van der Waals surface area contributed by atoms with Gasteiger partial charge in [0.25, 0.3) is 5.12 Å². The molecule has 2 N–H and O–H groups in total. The molecule has 0 saturated heterocycles. The van der Waals surface area contributed by atoms with Crippen molar-refractivity contribution in [1.29, 1.82) is 0 Å². The van der Waals surface area contributed by atoms with Crippen molar-refractivity contribution in [3.05, 3.63) is 17.0 Å². The molecule has 0 bridgehead atoms. The van der Waals surface area contributed by atoms with Crippen molar-refractivity contribution in [2.24, 2.45) is 0 Å². The van der Waals surface area contributed by atoms with Crippen LogP contribution in [0.15, 0.2) is 11.4 Å². The van der Waals surface area contributed by atoms with E-state index in [0.29, 0.717) is 0 Å². The minimum atomic E-state index is -3.73. The maximum absolute atomic E-state index is 11.5. The van der Waals surface area contributed by atoms with Crippen LogP contribution in [-0.4, -0.2) is 18.8 Å². The quantitative estimate of drug-likeness (QED) is 0.835. The summed E-state index contributed by atoms with van der Waals surface area (Å²) in [5.41, 5.74) is 5.56. The summed E-state index contributed by atoms with van der Waals surface area (Å²) in [4.78, 5) is 11.5. The number of rotatable bonds is 2. The molecule has 0 unspecified atom stereocenters. The lowest BCUT2D eigenvalue weighted by Crippen LogP contribution is -2.24. The van der Waals surface area contributed by atoms with E-state index in [2.05, 4.69) is 0 Å². The highest BCUT2D eigenvalue weighted by Gasteiger charge is 2.29. The van der Waals surface area contributed by atoms with E-state index >= 15 is 0 Å². The normalized spacial score (nSPS) is 11.9. The number of nitrogens with two attached hydrogens (primary N) is 1. The average Bonchev–Trinajstić information content (AvgIpc) is 2.49. The molecule has 1 rings (SSSR count). The molecule has 0 aliphatic carbocycles. The van der Waals surface area contributed by atoms with Crippen LogP contribution in [0, 0.1) is 0 Å². The predicted octanol–water partition coefficient (Wildman–Crippen LogP) is 1.29. The van der Waals surface area contributed by atoms with E-state index in [1.54, 1.807) is 5.38 Å². The Labute approximate surface area is 86.7 Å². The molecule has 14 heavy (non-hydrogen) atoms. The van der Waals surface area contributed by atoms with E-state index in [0.717, 1.165) is 11.3 Å². The third-order valence-electron chi connectivity index (χ3n) is 1.79. The number of sulfone groups is 1. The first-order valence-electron chi connectivity index (χ1n) is 3.98. The van der Waals surface area contributed by atoms with Gasteiger partial charge in [0.1, 0.15) is 0 Å². The highest BCUT2D eigenvalue weighted by Crippen LogP contribution is 2.22. The highest BCUT2D eigenvalue weighted by molar-refractivity contribution is 8.07. The largest absolute Gasteiger partial charge is 0.390 e. The molecule has 0 spiro atoms. The van der Waals surface area contributed by atoms with E-state index in [-0.39, 0.29) is 10.6 Å². The number of anilines is 1. The van der Waals surface area contributed by atoms with Crippen molar-refractivity contribution in [2.45, 2.75) is 19.1 Å². The Hall–Kier alpha value is -0.880. The summed E-state index contributed by atoms with van der Waals surface area (Å²) in [5.74, 6) is 0. The van der Waals surface area contributed by atoms with E-state index < -0.39 is 20.2 Å². The molecule has 1 heterocycles. The van der Waals surface area contributed by atoms with E-state index in [1.807, 2.05) is 0 Å². The standard InChI is InChI=1S/C8H11NO3S2/c1-5(2)14(11,12)8(10)6-3-4-13-7(6)9/h3-5H,9H2,1-2H3. The summed E-state index contributed by atoms with van der Waals surface area (Å²) < 4.78 is 23.0. The molecule has 0 aromatic carbocycles. The summed E-state index contributed by atoms with van der Waals surface area (Å²) in [6, 6.07) is 1.43. The van der Waals surface area contributed by atoms with E-state index in [1.165, 1.54) is 19.9 Å². The number of hydrogen-bond donors (Lipinski definition) is 1. The van der Waals surface area contributed by atoms with Crippen molar-refractivity contribution >= 4 is 31.3 Å². The van der Waals surface area contributed by atoms with Crippen molar-refractivity contribution in [3.63, 3.8) is 0 Å². The zero-order chi connectivity index (χ0) is 10.9. The van der Waals surface area contributed by atoms with Crippen molar-refractivity contribution in [1.82, 2.24) is 0 Å². The molecule has 0 saturated carbocycles. The van der Waals surface area contributed by atoms with Gasteiger partial charge in [-0.3, -0.25) is 4.79 Å². The summed E-state index contributed by atoms with van der Waals surface area (Å²) in [6.07, 6.45) is 0. The van der Waals surface area contributed by atoms with E-state index in [4.69, 9.17) is 5.73 Å².